The Hall–Kier alpha value is -5.18. The largest absolute Gasteiger partial charge is 0.456 e. The minimum Gasteiger partial charge on any atom is -0.456 e. The molecule has 3 heterocycles. The third-order valence-corrected chi connectivity index (χ3v) is 8.79. The first-order valence-corrected chi connectivity index (χ1v) is 15.5. The Morgan fingerprint density at radius 3 is 2.35 bits per heavy atom. The van der Waals surface area contributed by atoms with Crippen molar-refractivity contribution in [1.29, 1.82) is 0 Å². The minimum atomic E-state index is -1.23. The molecule has 0 radical (unpaired) electrons. The molecule has 14 heteroatoms. The van der Waals surface area contributed by atoms with E-state index < -0.39 is 60.7 Å². The lowest BCUT2D eigenvalue weighted by Crippen LogP contribution is -2.50. The number of anilines is 1. The molecule has 1 fully saturated rings. The lowest BCUT2D eigenvalue weighted by molar-refractivity contribution is -0.187. The number of carbonyl (C=O) groups is 3. The Morgan fingerprint density at radius 1 is 0.917 bits per heavy atom. The Kier molecular flexibility index (Phi) is 8.15. The third kappa shape index (κ3) is 5.47. The number of ether oxygens (including phenoxy) is 4. The number of carbonyl (C=O) groups excluding carboxylic acids is 3. The Balaban J connectivity index is 1.45. The Labute approximate surface area is 273 Å². The fourth-order valence-electron chi connectivity index (χ4n) is 6.90. The molecule has 2 aliphatic rings. The summed E-state index contributed by atoms with van der Waals surface area (Å²) >= 11 is 0. The molecule has 7 atom stereocenters. The number of aliphatic hydroxyl groups is 2. The molecule has 5 aromatic rings. The van der Waals surface area contributed by atoms with Crippen LogP contribution in [0.25, 0.3) is 32.7 Å². The molecule has 7 rings (SSSR count). The molecule has 1 aliphatic heterocycles. The van der Waals surface area contributed by atoms with Crippen LogP contribution >= 0.6 is 0 Å². The first kappa shape index (κ1) is 31.4. The lowest BCUT2D eigenvalue weighted by Gasteiger charge is -2.43. The van der Waals surface area contributed by atoms with Gasteiger partial charge in [-0.05, 0) is 27.1 Å². The molecule has 0 saturated carbocycles. The summed E-state index contributed by atoms with van der Waals surface area (Å²) in [7, 11) is 0. The van der Waals surface area contributed by atoms with Crippen molar-refractivity contribution in [3.8, 4) is 0 Å². The smallest absolute Gasteiger partial charge is 0.303 e. The van der Waals surface area contributed by atoms with Gasteiger partial charge < -0.3 is 34.5 Å². The van der Waals surface area contributed by atoms with Crippen molar-refractivity contribution < 1.29 is 43.5 Å². The van der Waals surface area contributed by atoms with Crippen molar-refractivity contribution in [1.82, 2.24) is 19.5 Å². The first-order chi connectivity index (χ1) is 23.1. The summed E-state index contributed by atoms with van der Waals surface area (Å²) in [4.78, 5) is 51.2. The summed E-state index contributed by atoms with van der Waals surface area (Å²) in [6.45, 7) is 3.39. The summed E-state index contributed by atoms with van der Waals surface area (Å²) in [6, 6.07) is 14.6. The summed E-state index contributed by atoms with van der Waals surface area (Å²) < 4.78 is 25.1. The summed E-state index contributed by atoms with van der Waals surface area (Å²) in [6.07, 6.45) is -2.72. The number of esters is 3. The second-order valence-electron chi connectivity index (χ2n) is 11.9. The molecule has 0 bridgehead atoms. The van der Waals surface area contributed by atoms with Gasteiger partial charge in [0, 0.05) is 32.8 Å². The summed E-state index contributed by atoms with van der Waals surface area (Å²) in [5, 5.41) is 26.9. The Bertz CT molecular complexity index is 2070. The van der Waals surface area contributed by atoms with Crippen molar-refractivity contribution in [3.63, 3.8) is 0 Å². The topological polar surface area (TPSA) is 184 Å². The Morgan fingerprint density at radius 2 is 1.62 bits per heavy atom. The van der Waals surface area contributed by atoms with E-state index in [1.807, 2.05) is 48.5 Å². The number of hydrogen-bond donors (Lipinski definition) is 3. The van der Waals surface area contributed by atoms with Crippen LogP contribution in [0.3, 0.4) is 0 Å². The molecule has 248 valence electrons. The maximum absolute atomic E-state index is 12.7. The van der Waals surface area contributed by atoms with Gasteiger partial charge in [0.2, 0.25) is 0 Å². The van der Waals surface area contributed by atoms with Gasteiger partial charge in [0.05, 0.1) is 25.1 Å². The van der Waals surface area contributed by atoms with E-state index in [0.717, 1.165) is 21.5 Å². The number of aliphatic hydroxyl groups excluding tert-OH is 2. The van der Waals surface area contributed by atoms with Gasteiger partial charge in [-0.25, -0.2) is 15.0 Å². The van der Waals surface area contributed by atoms with Gasteiger partial charge in [-0.15, -0.1) is 0 Å². The molecular weight excluding hydrogens is 622 g/mol. The van der Waals surface area contributed by atoms with Crippen LogP contribution in [0.1, 0.15) is 56.7 Å². The van der Waals surface area contributed by atoms with Crippen LogP contribution in [0.15, 0.2) is 61.2 Å². The first-order valence-electron chi connectivity index (χ1n) is 15.5. The van der Waals surface area contributed by atoms with Crippen molar-refractivity contribution in [3.05, 3.63) is 72.3 Å². The minimum absolute atomic E-state index is 0.217. The molecule has 0 amide bonds. The lowest BCUT2D eigenvalue weighted by atomic mass is 9.77. The average molecular weight is 656 g/mol. The van der Waals surface area contributed by atoms with Gasteiger partial charge in [-0.3, -0.25) is 19.0 Å². The molecule has 3 N–H and O–H groups in total. The summed E-state index contributed by atoms with van der Waals surface area (Å²) in [5.74, 6) is -1.65. The highest BCUT2D eigenvalue weighted by atomic mass is 16.6. The number of benzene rings is 3. The van der Waals surface area contributed by atoms with Crippen LogP contribution in [0.2, 0.25) is 0 Å². The van der Waals surface area contributed by atoms with E-state index in [1.54, 1.807) is 4.57 Å². The number of nitrogens with one attached hydrogen (secondary N) is 1. The maximum Gasteiger partial charge on any atom is 0.303 e. The predicted octanol–water partition coefficient (Wildman–Crippen LogP) is 3.41. The molecule has 1 saturated heterocycles. The maximum atomic E-state index is 12.7. The normalized spacial score (nSPS) is 25.1. The highest BCUT2D eigenvalue weighted by Crippen LogP contribution is 2.48. The summed E-state index contributed by atoms with van der Waals surface area (Å²) in [5.41, 5.74) is 1.95. The number of hydrogen-bond acceptors (Lipinski definition) is 13. The molecule has 2 aromatic heterocycles. The van der Waals surface area contributed by atoms with Gasteiger partial charge in [-0.2, -0.15) is 0 Å². The van der Waals surface area contributed by atoms with Gasteiger partial charge in [0.25, 0.3) is 0 Å². The zero-order chi connectivity index (χ0) is 33.7. The predicted molar refractivity (Wildman–Crippen MR) is 170 cm³/mol. The van der Waals surface area contributed by atoms with Crippen molar-refractivity contribution >= 4 is 56.4 Å². The SMILES string of the molecule is CC(=O)O[C@@H]1[C@H](OC(C)=O)[C@@H](OC(C)=O)c2ccc3ccc4ccccc4c3c2[C@H]1Nc1ncnc2c1ncn2[C@H]1C[C@H](O)[C@@H](CO)O1. The average Bonchev–Trinajstić information content (AvgIpc) is 3.66. The van der Waals surface area contributed by atoms with E-state index in [0.29, 0.717) is 22.3 Å². The number of aromatic nitrogens is 4. The van der Waals surface area contributed by atoms with E-state index in [2.05, 4.69) is 20.3 Å². The fraction of sp³-hybridized carbons (Fsp3) is 0.353. The monoisotopic (exact) mass is 655 g/mol. The molecule has 0 spiro atoms. The fourth-order valence-corrected chi connectivity index (χ4v) is 6.90. The van der Waals surface area contributed by atoms with Crippen molar-refractivity contribution in [2.45, 2.75) is 70.0 Å². The van der Waals surface area contributed by atoms with Gasteiger partial charge in [0.15, 0.2) is 35.3 Å². The second-order valence-corrected chi connectivity index (χ2v) is 11.9. The highest BCUT2D eigenvalue weighted by molar-refractivity contribution is 6.10. The van der Waals surface area contributed by atoms with Crippen LogP contribution in [0.4, 0.5) is 5.82 Å². The van der Waals surface area contributed by atoms with E-state index >= 15 is 0 Å². The van der Waals surface area contributed by atoms with E-state index in [4.69, 9.17) is 18.9 Å². The molecule has 14 nitrogen and oxygen atoms in total. The van der Waals surface area contributed by atoms with Gasteiger partial charge in [-0.1, -0.05) is 48.5 Å². The van der Waals surface area contributed by atoms with Crippen molar-refractivity contribution in [2.75, 3.05) is 11.9 Å². The third-order valence-electron chi connectivity index (χ3n) is 8.79. The van der Waals surface area contributed by atoms with Gasteiger partial charge in [0.1, 0.15) is 18.7 Å². The van der Waals surface area contributed by atoms with Crippen molar-refractivity contribution in [2.24, 2.45) is 0 Å². The van der Waals surface area contributed by atoms with Crippen LogP contribution in [-0.4, -0.2) is 78.7 Å². The molecule has 0 unspecified atom stereocenters. The number of imidazole rings is 1. The second kappa shape index (κ2) is 12.4. The number of fused-ring (bicyclic) bond motifs is 6. The number of rotatable bonds is 7. The van der Waals surface area contributed by atoms with Crippen LogP contribution in [0.5, 0.6) is 0 Å². The van der Waals surface area contributed by atoms with Crippen LogP contribution in [0, 0.1) is 0 Å². The van der Waals surface area contributed by atoms with E-state index in [1.165, 1.54) is 33.4 Å². The zero-order valence-corrected chi connectivity index (χ0v) is 26.3. The molecule has 1 aliphatic carbocycles. The molecular formula is C34H33N5O9. The quantitative estimate of drug-likeness (QED) is 0.132. The number of nitrogens with zero attached hydrogens (tertiary/aromatic N) is 4. The van der Waals surface area contributed by atoms with E-state index in [9.17, 15) is 24.6 Å². The van der Waals surface area contributed by atoms with Gasteiger partial charge >= 0.3 is 17.9 Å². The molecule has 48 heavy (non-hydrogen) atoms. The van der Waals surface area contributed by atoms with Crippen LogP contribution < -0.4 is 5.32 Å². The highest BCUT2D eigenvalue weighted by Gasteiger charge is 2.50. The van der Waals surface area contributed by atoms with Crippen LogP contribution in [-0.2, 0) is 33.3 Å². The standard InChI is InChI=1S/C34H33N5O9/c1-16(41)45-30-22-11-10-20-9-8-19-6-4-5-7-21(19)26(20)27(22)28(31(46-17(2)42)32(30)47-18(3)43)38-33-29-34(36-14-35-33)39(15-37-29)25-12-23(44)24(13-40)48-25/h4-11,14-15,23-25,28,30-32,40,44H,12-13H2,1-3H3,(H,35,36,38)/t23-,24+,25+,28+,30-,31-,32+/m0/s1. The van der Waals surface area contributed by atoms with E-state index in [-0.39, 0.29) is 18.8 Å². The zero-order valence-electron chi connectivity index (χ0n) is 26.3. The molecule has 3 aromatic carbocycles.